The summed E-state index contributed by atoms with van der Waals surface area (Å²) >= 11 is 6.16. The van der Waals surface area contributed by atoms with E-state index in [9.17, 15) is 9.59 Å². The van der Waals surface area contributed by atoms with Crippen LogP contribution in [0.25, 0.3) is 0 Å². The van der Waals surface area contributed by atoms with Crippen molar-refractivity contribution in [2.45, 2.75) is 37.9 Å². The van der Waals surface area contributed by atoms with Crippen LogP contribution < -0.4 is 10.6 Å². The Kier molecular flexibility index (Phi) is 6.27. The first-order valence-corrected chi connectivity index (χ1v) is 8.06. The summed E-state index contributed by atoms with van der Waals surface area (Å²) in [5, 5.41) is 6.73. The molecule has 1 aliphatic carbocycles. The third kappa shape index (κ3) is 4.83. The number of hydrogen-bond donors (Lipinski definition) is 2. The topological polar surface area (TPSA) is 61.4 Å². The van der Waals surface area contributed by atoms with E-state index in [-0.39, 0.29) is 30.6 Å². The van der Waals surface area contributed by atoms with Crippen LogP contribution in [0, 0.1) is 0 Å². The Morgan fingerprint density at radius 3 is 2.78 bits per heavy atom. The fourth-order valence-corrected chi connectivity index (χ4v) is 2.84. The van der Waals surface area contributed by atoms with Gasteiger partial charge in [-0.05, 0) is 24.5 Å². The minimum absolute atomic E-state index is 0. The van der Waals surface area contributed by atoms with Crippen molar-refractivity contribution in [2.24, 2.45) is 0 Å². The molecule has 2 N–H and O–H groups in total. The van der Waals surface area contributed by atoms with Crippen molar-refractivity contribution in [3.63, 3.8) is 0 Å². The third-order valence-corrected chi connectivity index (χ3v) is 4.40. The molecule has 1 aliphatic heterocycles. The number of nitrogens with zero attached hydrogens (tertiary/aromatic N) is 1. The number of benzene rings is 1. The summed E-state index contributed by atoms with van der Waals surface area (Å²) in [7, 11) is 0. The Morgan fingerprint density at radius 1 is 1.35 bits per heavy atom. The second kappa shape index (κ2) is 7.99. The Labute approximate surface area is 147 Å². The fourth-order valence-electron chi connectivity index (χ4n) is 2.64. The van der Waals surface area contributed by atoms with Gasteiger partial charge in [0, 0.05) is 30.7 Å². The van der Waals surface area contributed by atoms with Gasteiger partial charge < -0.3 is 15.5 Å². The van der Waals surface area contributed by atoms with E-state index in [0.29, 0.717) is 30.7 Å². The molecule has 0 aromatic heterocycles. The number of rotatable bonds is 5. The molecule has 0 spiro atoms. The molecule has 1 aromatic carbocycles. The van der Waals surface area contributed by atoms with Gasteiger partial charge in [0.2, 0.25) is 11.8 Å². The first kappa shape index (κ1) is 18.0. The Balaban J connectivity index is 0.00000192. The molecule has 126 valence electrons. The first-order chi connectivity index (χ1) is 10.6. The zero-order valence-corrected chi connectivity index (χ0v) is 14.3. The van der Waals surface area contributed by atoms with Gasteiger partial charge >= 0.3 is 0 Å². The maximum Gasteiger partial charge on any atom is 0.240 e. The number of hydrogen-bond acceptors (Lipinski definition) is 3. The van der Waals surface area contributed by atoms with Crippen molar-refractivity contribution >= 4 is 35.8 Å². The highest BCUT2D eigenvalue weighted by molar-refractivity contribution is 6.31. The predicted molar refractivity (Wildman–Crippen MR) is 91.7 cm³/mol. The van der Waals surface area contributed by atoms with Crippen LogP contribution in [0.5, 0.6) is 0 Å². The van der Waals surface area contributed by atoms with Crippen LogP contribution in [-0.2, 0) is 16.1 Å². The van der Waals surface area contributed by atoms with Crippen LogP contribution in [0.2, 0.25) is 5.02 Å². The standard InChI is InChI=1S/C16H20ClN3O2.ClH/c17-13-4-2-1-3-11(13)10-20-8-7-18-14(16(20)22)9-15(21)19-12-5-6-12;/h1-4,12,14,18H,5-10H2,(H,19,21);1H. The van der Waals surface area contributed by atoms with Gasteiger partial charge in [0.25, 0.3) is 0 Å². The van der Waals surface area contributed by atoms with Gasteiger partial charge in [-0.1, -0.05) is 29.8 Å². The Morgan fingerprint density at radius 2 is 2.09 bits per heavy atom. The number of amides is 2. The number of halogens is 2. The van der Waals surface area contributed by atoms with E-state index in [4.69, 9.17) is 11.6 Å². The third-order valence-electron chi connectivity index (χ3n) is 4.03. The Bertz CT molecular complexity index is 578. The molecular formula is C16H21Cl2N3O2. The highest BCUT2D eigenvalue weighted by Gasteiger charge is 2.32. The minimum atomic E-state index is -0.435. The second-order valence-corrected chi connectivity index (χ2v) is 6.31. The van der Waals surface area contributed by atoms with Gasteiger partial charge in [-0.2, -0.15) is 0 Å². The predicted octanol–water partition coefficient (Wildman–Crippen LogP) is 1.73. The molecule has 3 rings (SSSR count). The fraction of sp³-hybridized carbons (Fsp3) is 0.500. The summed E-state index contributed by atoms with van der Waals surface area (Å²) in [5.74, 6) is -0.0786. The molecule has 0 bridgehead atoms. The van der Waals surface area contributed by atoms with Gasteiger partial charge in [-0.25, -0.2) is 0 Å². The summed E-state index contributed by atoms with van der Waals surface area (Å²) in [5.41, 5.74) is 0.931. The van der Waals surface area contributed by atoms with Gasteiger partial charge in [0.1, 0.15) is 0 Å². The molecule has 1 aromatic rings. The van der Waals surface area contributed by atoms with E-state index in [1.54, 1.807) is 4.90 Å². The number of piperazine rings is 1. The molecule has 2 aliphatic rings. The van der Waals surface area contributed by atoms with Crippen molar-refractivity contribution in [3.8, 4) is 0 Å². The van der Waals surface area contributed by atoms with Crippen molar-refractivity contribution in [3.05, 3.63) is 34.9 Å². The molecule has 5 nitrogen and oxygen atoms in total. The molecule has 1 atom stereocenters. The summed E-state index contributed by atoms with van der Waals surface area (Å²) in [4.78, 5) is 26.2. The van der Waals surface area contributed by atoms with E-state index in [2.05, 4.69) is 10.6 Å². The molecule has 2 fully saturated rings. The molecule has 1 unspecified atom stereocenters. The van der Waals surface area contributed by atoms with Crippen molar-refractivity contribution < 1.29 is 9.59 Å². The molecule has 23 heavy (non-hydrogen) atoms. The molecule has 1 heterocycles. The lowest BCUT2D eigenvalue weighted by Gasteiger charge is -2.33. The van der Waals surface area contributed by atoms with Crippen LogP contribution in [0.15, 0.2) is 24.3 Å². The summed E-state index contributed by atoms with van der Waals surface area (Å²) < 4.78 is 0. The molecule has 0 radical (unpaired) electrons. The van der Waals surface area contributed by atoms with E-state index in [1.165, 1.54) is 0 Å². The second-order valence-electron chi connectivity index (χ2n) is 5.90. The average Bonchev–Trinajstić information content (AvgIpc) is 3.29. The van der Waals surface area contributed by atoms with Crippen LogP contribution in [0.3, 0.4) is 0 Å². The van der Waals surface area contributed by atoms with Crippen molar-refractivity contribution in [1.82, 2.24) is 15.5 Å². The van der Waals surface area contributed by atoms with Crippen LogP contribution in [0.1, 0.15) is 24.8 Å². The van der Waals surface area contributed by atoms with Gasteiger partial charge in [-0.3, -0.25) is 9.59 Å². The highest BCUT2D eigenvalue weighted by atomic mass is 35.5. The summed E-state index contributed by atoms with van der Waals surface area (Å²) in [6.45, 7) is 1.81. The smallest absolute Gasteiger partial charge is 0.240 e. The molecule has 1 saturated heterocycles. The van der Waals surface area contributed by atoms with E-state index < -0.39 is 6.04 Å². The highest BCUT2D eigenvalue weighted by Crippen LogP contribution is 2.20. The van der Waals surface area contributed by atoms with Crippen molar-refractivity contribution in [2.75, 3.05) is 13.1 Å². The average molecular weight is 358 g/mol. The lowest BCUT2D eigenvalue weighted by Crippen LogP contribution is -2.55. The number of carbonyl (C=O) groups excluding carboxylic acids is 2. The maximum atomic E-state index is 12.5. The van der Waals surface area contributed by atoms with E-state index >= 15 is 0 Å². The van der Waals surface area contributed by atoms with Gasteiger partial charge in [-0.15, -0.1) is 12.4 Å². The van der Waals surface area contributed by atoms with E-state index in [0.717, 1.165) is 18.4 Å². The van der Waals surface area contributed by atoms with Crippen LogP contribution in [0.4, 0.5) is 0 Å². The lowest BCUT2D eigenvalue weighted by atomic mass is 10.1. The zero-order chi connectivity index (χ0) is 15.5. The maximum absolute atomic E-state index is 12.5. The number of carbonyl (C=O) groups is 2. The molecular weight excluding hydrogens is 337 g/mol. The largest absolute Gasteiger partial charge is 0.353 e. The summed E-state index contributed by atoms with van der Waals surface area (Å²) in [6.07, 6.45) is 2.31. The molecule has 7 heteroatoms. The monoisotopic (exact) mass is 357 g/mol. The van der Waals surface area contributed by atoms with Gasteiger partial charge in [0.15, 0.2) is 0 Å². The van der Waals surface area contributed by atoms with Crippen molar-refractivity contribution in [1.29, 1.82) is 0 Å². The van der Waals surface area contributed by atoms with Crippen LogP contribution in [-0.4, -0.2) is 41.9 Å². The first-order valence-electron chi connectivity index (χ1n) is 7.68. The Hall–Kier alpha value is -1.30. The minimum Gasteiger partial charge on any atom is -0.353 e. The lowest BCUT2D eigenvalue weighted by molar-refractivity contribution is -0.138. The SMILES string of the molecule is Cl.O=C(CC1NCCN(Cc2ccccc2Cl)C1=O)NC1CC1. The van der Waals surface area contributed by atoms with Crippen LogP contribution >= 0.6 is 24.0 Å². The number of nitrogens with one attached hydrogen (secondary N) is 2. The molecule has 2 amide bonds. The quantitative estimate of drug-likeness (QED) is 0.843. The molecule has 1 saturated carbocycles. The summed E-state index contributed by atoms with van der Waals surface area (Å²) in [6, 6.07) is 7.42. The zero-order valence-electron chi connectivity index (χ0n) is 12.8. The normalized spacial score (nSPS) is 20.8. The van der Waals surface area contributed by atoms with Gasteiger partial charge in [0.05, 0.1) is 12.5 Å². The van der Waals surface area contributed by atoms with E-state index in [1.807, 2.05) is 24.3 Å².